The average molecular weight is 1080 g/mol. The molecule has 1 aliphatic heterocycles. The maximum absolute atomic E-state index is 12.3. The highest BCUT2D eigenvalue weighted by Gasteiger charge is 2.17. The van der Waals surface area contributed by atoms with Gasteiger partial charge in [0.05, 0.1) is 41.3 Å². The van der Waals surface area contributed by atoms with Crippen LogP contribution in [0.5, 0.6) is 46.0 Å². The van der Waals surface area contributed by atoms with Crippen molar-refractivity contribution < 1.29 is 102 Å². The second-order valence-electron chi connectivity index (χ2n) is 16.4. The van der Waals surface area contributed by atoms with Crippen LogP contribution in [-0.4, -0.2) is 108 Å². The fraction of sp³-hybridized carbons (Fsp3) is 0.263. The molecule has 0 spiro atoms. The van der Waals surface area contributed by atoms with Crippen LogP contribution in [-0.2, 0) is 52.7 Å². The molecule has 1 fully saturated rings. The van der Waals surface area contributed by atoms with Crippen LogP contribution in [0.4, 0.5) is 0 Å². The number of ether oxygens (including phenoxy) is 7. The number of cyclic esters (lactones) is 2. The van der Waals surface area contributed by atoms with Gasteiger partial charge in [-0.15, -0.1) is 0 Å². The summed E-state index contributed by atoms with van der Waals surface area (Å²) in [6, 6.07) is 18.5. The van der Waals surface area contributed by atoms with E-state index in [4.69, 9.17) is 38.6 Å². The molecule has 0 amide bonds. The molecule has 412 valence electrons. The first-order valence-electron chi connectivity index (χ1n) is 23.7. The van der Waals surface area contributed by atoms with Gasteiger partial charge in [-0.2, -0.15) is 0 Å². The monoisotopic (exact) mass is 1080 g/mol. The predicted octanol–water partition coefficient (Wildman–Crippen LogP) is 7.89. The van der Waals surface area contributed by atoms with Gasteiger partial charge >= 0.3 is 35.8 Å². The molecule has 1 aliphatic rings. The molecule has 78 heavy (non-hydrogen) atoms. The summed E-state index contributed by atoms with van der Waals surface area (Å²) in [5.41, 5.74) is 2.43. The van der Waals surface area contributed by atoms with E-state index in [2.05, 4.69) is 4.74 Å². The number of methoxy groups -OCH3 is 4. The lowest BCUT2D eigenvalue weighted by Gasteiger charge is -2.10. The Kier molecular flexibility index (Phi) is 26.7. The molecule has 0 atom stereocenters. The zero-order valence-electron chi connectivity index (χ0n) is 43.1. The van der Waals surface area contributed by atoms with Crippen molar-refractivity contribution in [2.24, 2.45) is 0 Å². The van der Waals surface area contributed by atoms with Crippen LogP contribution in [0.3, 0.4) is 0 Å². The van der Waals surface area contributed by atoms with E-state index in [1.807, 2.05) is 0 Å². The van der Waals surface area contributed by atoms with E-state index in [9.17, 15) is 58.2 Å². The van der Waals surface area contributed by atoms with E-state index < -0.39 is 35.4 Å². The van der Waals surface area contributed by atoms with Crippen molar-refractivity contribution in [3.05, 3.63) is 119 Å². The van der Waals surface area contributed by atoms with Crippen molar-refractivity contribution in [1.82, 2.24) is 0 Å². The molecule has 21 heteroatoms. The molecule has 4 aromatic rings. The summed E-state index contributed by atoms with van der Waals surface area (Å²) in [6.45, 7) is 0. The van der Waals surface area contributed by atoms with Gasteiger partial charge in [-0.1, -0.05) is 48.6 Å². The smallest absolute Gasteiger partial charge is 0.313 e. The lowest BCUT2D eigenvalue weighted by atomic mass is 10.1. The van der Waals surface area contributed by atoms with Gasteiger partial charge in [0.25, 0.3) is 0 Å². The van der Waals surface area contributed by atoms with Crippen LogP contribution in [0.25, 0.3) is 24.3 Å². The Balaban J connectivity index is 0.000000384. The minimum Gasteiger partial charge on any atom is -0.504 e. The van der Waals surface area contributed by atoms with Gasteiger partial charge in [0.15, 0.2) is 69.1 Å². The van der Waals surface area contributed by atoms with Crippen molar-refractivity contribution >= 4 is 83.3 Å². The van der Waals surface area contributed by atoms with Gasteiger partial charge in [0.2, 0.25) is 0 Å². The second-order valence-corrected chi connectivity index (χ2v) is 16.4. The van der Waals surface area contributed by atoms with Gasteiger partial charge in [0.1, 0.15) is 0 Å². The second kappa shape index (κ2) is 33.3. The Morgan fingerprint density at radius 3 is 1.04 bits per heavy atom. The number of benzene rings is 4. The normalized spacial score (nSPS) is 11.9. The molecule has 0 aromatic heterocycles. The molecule has 5 rings (SSSR count). The number of carboxylic acid groups (broad SMARTS) is 2. The summed E-state index contributed by atoms with van der Waals surface area (Å²) < 4.78 is 35.1. The first kappa shape index (κ1) is 62.6. The molecule has 0 radical (unpaired) electrons. The van der Waals surface area contributed by atoms with Crippen LogP contribution in [0, 0.1) is 0 Å². The Hall–Kier alpha value is -9.66. The number of phenolic OH excluding ortho intramolecular Hbond substituents is 2. The number of carboxylic acids is 2. The Morgan fingerprint density at radius 2 is 0.756 bits per heavy atom. The van der Waals surface area contributed by atoms with Crippen LogP contribution in [0.15, 0.2) is 97.1 Å². The minimum absolute atomic E-state index is 0.00662. The maximum atomic E-state index is 12.3. The standard InChI is InChI=1S/C31H32O12.C21H20O6.C5H6O3/c1-40-26-17-20(11-15-24(26)42-30(38)7-3-5-28(34)35)9-13-22(32)19-23(33)14-10-21-12-16-25(27(18-21)41-2)43-31(39)8-4-6-29(36)37;1-26-20-11-14(5-9-18(20)24)3-7-16(22)13-17(23)8-4-15-6-10-19(25)21(12-15)27-2;6-4-2-1-3-5(7)8-4/h9-18H,3-8,19H2,1-2H3,(H,34,35)(H,36,37);3-12,24-25H,13H2,1-2H3;1-3H2/b13-9+,14-10+;7-3+,8-4+;. The number of aromatic hydroxyl groups is 2. The van der Waals surface area contributed by atoms with Gasteiger partial charge in [-0.05, 0) is 114 Å². The van der Waals surface area contributed by atoms with Gasteiger partial charge in [-0.3, -0.25) is 47.9 Å². The molecule has 0 bridgehead atoms. The summed E-state index contributed by atoms with van der Waals surface area (Å²) in [5.74, 6) is -4.23. The zero-order valence-corrected chi connectivity index (χ0v) is 43.1. The fourth-order valence-corrected chi connectivity index (χ4v) is 6.40. The third-order valence-corrected chi connectivity index (χ3v) is 10.3. The van der Waals surface area contributed by atoms with E-state index in [0.717, 1.165) is 0 Å². The van der Waals surface area contributed by atoms with Crippen LogP contribution in [0.1, 0.15) is 92.9 Å². The van der Waals surface area contributed by atoms with Gasteiger partial charge in [-0.25, -0.2) is 0 Å². The van der Waals surface area contributed by atoms with Crippen molar-refractivity contribution in [3.8, 4) is 46.0 Å². The summed E-state index contributed by atoms with van der Waals surface area (Å²) >= 11 is 0. The molecular weight excluding hydrogens is 1020 g/mol. The molecule has 0 unspecified atom stereocenters. The zero-order chi connectivity index (χ0) is 57.6. The van der Waals surface area contributed by atoms with E-state index >= 15 is 0 Å². The highest BCUT2D eigenvalue weighted by molar-refractivity contribution is 6.11. The number of allylic oxidation sites excluding steroid dienone is 4. The van der Waals surface area contributed by atoms with E-state index in [1.165, 1.54) is 101 Å². The number of hydrogen-bond donors (Lipinski definition) is 4. The molecule has 4 N–H and O–H groups in total. The van der Waals surface area contributed by atoms with Crippen LogP contribution < -0.4 is 28.4 Å². The highest BCUT2D eigenvalue weighted by Crippen LogP contribution is 2.31. The van der Waals surface area contributed by atoms with Crippen molar-refractivity contribution in [2.75, 3.05) is 28.4 Å². The minimum atomic E-state index is -1.00. The van der Waals surface area contributed by atoms with E-state index in [-0.39, 0.29) is 109 Å². The number of phenols is 2. The largest absolute Gasteiger partial charge is 0.504 e. The topological polar surface area (TPSA) is 316 Å². The van der Waals surface area contributed by atoms with E-state index in [1.54, 1.807) is 48.6 Å². The van der Waals surface area contributed by atoms with Gasteiger partial charge < -0.3 is 53.6 Å². The molecule has 1 saturated heterocycles. The van der Waals surface area contributed by atoms with Crippen LogP contribution in [0.2, 0.25) is 0 Å². The van der Waals surface area contributed by atoms with E-state index in [0.29, 0.717) is 53.0 Å². The average Bonchev–Trinajstić information content (AvgIpc) is 3.40. The SMILES string of the molecule is COc1cc(/C=C/C(=O)CC(=O)/C=C/c2ccc(O)c(OC)c2)ccc1O.COc1cc(/C=C/C(=O)CC(=O)/C=C/c2ccc(OC(=O)CCCC(=O)O)c(OC)c2)ccc1OC(=O)CCCC(=O)O.O=C1CCCC(=O)O1. The number of esters is 4. The molecule has 0 aliphatic carbocycles. The maximum Gasteiger partial charge on any atom is 0.313 e. The predicted molar refractivity (Wildman–Crippen MR) is 280 cm³/mol. The Labute approximate surface area is 447 Å². The lowest BCUT2D eigenvalue weighted by Crippen LogP contribution is -2.17. The summed E-state index contributed by atoms with van der Waals surface area (Å²) in [4.78, 5) is 114. The first-order chi connectivity index (χ1) is 37.2. The summed E-state index contributed by atoms with van der Waals surface area (Å²) in [7, 11) is 5.62. The van der Waals surface area contributed by atoms with Crippen LogP contribution >= 0.6 is 0 Å². The Morgan fingerprint density at radius 1 is 0.449 bits per heavy atom. The highest BCUT2D eigenvalue weighted by atomic mass is 16.6. The first-order valence-corrected chi connectivity index (χ1v) is 23.7. The van der Waals surface area contributed by atoms with Crippen molar-refractivity contribution in [3.63, 3.8) is 0 Å². The van der Waals surface area contributed by atoms with Crippen molar-refractivity contribution in [2.45, 2.75) is 70.6 Å². The quantitative estimate of drug-likeness (QED) is 0.0201. The number of hydrogen-bond acceptors (Lipinski definition) is 19. The third kappa shape index (κ3) is 24.1. The number of rotatable bonds is 26. The van der Waals surface area contributed by atoms with Gasteiger partial charge in [0, 0.05) is 38.5 Å². The third-order valence-electron chi connectivity index (χ3n) is 10.3. The molecule has 4 aromatic carbocycles. The van der Waals surface area contributed by atoms with Crippen molar-refractivity contribution in [1.29, 1.82) is 0 Å². The Bertz CT molecular complexity index is 2750. The number of carbonyl (C=O) groups excluding carboxylic acids is 8. The molecular formula is C57H58O21. The molecule has 21 nitrogen and oxygen atoms in total. The number of aliphatic carboxylic acids is 2. The molecule has 0 saturated carbocycles. The summed E-state index contributed by atoms with van der Waals surface area (Å²) in [5, 5.41) is 36.4. The molecule has 1 heterocycles. The summed E-state index contributed by atoms with van der Waals surface area (Å²) in [6.07, 6.45) is 11.8. The lowest BCUT2D eigenvalue weighted by molar-refractivity contribution is -0.163. The number of ketones is 4. The number of carbonyl (C=O) groups is 10. The fourth-order valence-electron chi connectivity index (χ4n) is 6.40.